The van der Waals surface area contributed by atoms with E-state index in [0.717, 1.165) is 4.90 Å². The lowest BCUT2D eigenvalue weighted by Gasteiger charge is -2.49. The number of aromatic nitrogens is 2. The molecule has 36 heavy (non-hydrogen) atoms. The molecule has 2 amide bonds. The molecule has 3 aliphatic heterocycles. The van der Waals surface area contributed by atoms with Gasteiger partial charge in [-0.15, -0.1) is 22.0 Å². The third kappa shape index (κ3) is 4.70. The lowest BCUT2D eigenvalue weighted by molar-refractivity contribution is -0.150. The predicted octanol–water partition coefficient (Wildman–Crippen LogP) is 2.40. The zero-order chi connectivity index (χ0) is 25.2. The molecule has 11 nitrogen and oxygen atoms in total. The molecule has 0 saturated carbocycles. The number of ether oxygens (including phenoxy) is 1. The quantitative estimate of drug-likeness (QED) is 0.211. The molecule has 0 aliphatic carbocycles. The number of fused-ring (bicyclic) bond motifs is 2. The van der Waals surface area contributed by atoms with Gasteiger partial charge in [0.2, 0.25) is 5.71 Å². The van der Waals surface area contributed by atoms with Crippen molar-refractivity contribution in [3.63, 3.8) is 0 Å². The van der Waals surface area contributed by atoms with Gasteiger partial charge in [0.05, 0.1) is 4.90 Å². The Morgan fingerprint density at radius 1 is 1.39 bits per heavy atom. The Balaban J connectivity index is 1.30. The lowest BCUT2D eigenvalue weighted by Crippen LogP contribution is -2.71. The maximum atomic E-state index is 13.1. The summed E-state index contributed by atoms with van der Waals surface area (Å²) in [6, 6.07) is 6.42. The number of nitrogens with zero attached hydrogens (tertiary/aromatic N) is 4. The number of benzene rings is 1. The molecule has 1 fully saturated rings. The number of carboxylic acid groups (broad SMARTS) is 1. The summed E-state index contributed by atoms with van der Waals surface area (Å²) in [5.74, 6) is -0.849. The molecule has 186 valence electrons. The van der Waals surface area contributed by atoms with Crippen LogP contribution in [0.4, 0.5) is 0 Å². The minimum absolute atomic E-state index is 0.0524. The van der Waals surface area contributed by atoms with Gasteiger partial charge in [0, 0.05) is 16.9 Å². The first-order valence-corrected chi connectivity index (χ1v) is 14.1. The van der Waals surface area contributed by atoms with Gasteiger partial charge >= 0.3 is 5.97 Å². The number of rotatable bonds is 8. The molecule has 1 aromatic carbocycles. The smallest absolute Gasteiger partial charge is 0.352 e. The standard InChI is InChI=1S/C21H17N5O6S4/c1-31-25-14(12-8-33-13-5-3-2-4-11(13)32-12)17(27)23-15-18(28)26-16(20(29)30)10(6-34-19(15)26)7-35-21-24-22-9-36-21/h2-5,8-9,15,19H,6-7H2,1H3,(H,23,27)(H,29,30)/b25-14-/t15?,19-/m1/s1. The summed E-state index contributed by atoms with van der Waals surface area (Å²) in [6.07, 6.45) is 0. The van der Waals surface area contributed by atoms with Crippen molar-refractivity contribution in [2.45, 2.75) is 20.7 Å². The monoisotopic (exact) mass is 563 g/mol. The van der Waals surface area contributed by atoms with Crippen LogP contribution in [0.15, 0.2) is 66.6 Å². The topological polar surface area (TPSA) is 143 Å². The van der Waals surface area contributed by atoms with Crippen LogP contribution in [0.25, 0.3) is 0 Å². The highest BCUT2D eigenvalue weighted by molar-refractivity contribution is 8.02. The number of carbonyl (C=O) groups excluding carboxylic acids is 2. The molecule has 0 radical (unpaired) electrons. The van der Waals surface area contributed by atoms with E-state index in [-0.39, 0.29) is 17.2 Å². The van der Waals surface area contributed by atoms with Gasteiger partial charge in [-0.1, -0.05) is 52.1 Å². The number of hydrogen-bond acceptors (Lipinski definition) is 12. The zero-order valence-electron chi connectivity index (χ0n) is 18.4. The summed E-state index contributed by atoms with van der Waals surface area (Å²) < 4.78 is 6.54. The Kier molecular flexibility index (Phi) is 7.22. The Morgan fingerprint density at radius 2 is 2.22 bits per heavy atom. The minimum Gasteiger partial charge on any atom is -0.477 e. The van der Waals surface area contributed by atoms with Crippen molar-refractivity contribution >= 4 is 70.1 Å². The van der Waals surface area contributed by atoms with Crippen LogP contribution in [0.1, 0.15) is 0 Å². The SMILES string of the molecule is CO/N=C(\C(=O)NC1C(=O)N2C(C(=O)O)=C(CSc3nncs3)CS[C@H]12)C1=CSc2ccccc2O1. The van der Waals surface area contributed by atoms with Gasteiger partial charge in [0.1, 0.15) is 35.5 Å². The van der Waals surface area contributed by atoms with Crippen LogP contribution >= 0.6 is 46.6 Å². The summed E-state index contributed by atoms with van der Waals surface area (Å²) in [7, 11) is 1.30. The molecule has 2 aromatic rings. The highest BCUT2D eigenvalue weighted by Crippen LogP contribution is 2.42. The number of para-hydroxylation sites is 1. The van der Waals surface area contributed by atoms with Gasteiger partial charge < -0.3 is 20.0 Å². The number of oxime groups is 1. The van der Waals surface area contributed by atoms with Gasteiger partial charge in [0.25, 0.3) is 11.8 Å². The molecular weight excluding hydrogens is 547 g/mol. The van der Waals surface area contributed by atoms with E-state index in [1.807, 2.05) is 18.2 Å². The number of aliphatic carboxylic acids is 1. The number of amides is 2. The second-order valence-electron chi connectivity index (χ2n) is 7.38. The van der Waals surface area contributed by atoms with Crippen LogP contribution in [0.2, 0.25) is 0 Å². The summed E-state index contributed by atoms with van der Waals surface area (Å²) in [6.45, 7) is 0. The van der Waals surface area contributed by atoms with Crippen LogP contribution < -0.4 is 10.1 Å². The van der Waals surface area contributed by atoms with Crippen molar-refractivity contribution in [1.82, 2.24) is 20.4 Å². The first-order chi connectivity index (χ1) is 17.5. The molecule has 5 rings (SSSR count). The van der Waals surface area contributed by atoms with Gasteiger partial charge in [-0.25, -0.2) is 4.79 Å². The summed E-state index contributed by atoms with van der Waals surface area (Å²) in [5, 5.41) is 25.1. The lowest BCUT2D eigenvalue weighted by atomic mass is 10.0. The van der Waals surface area contributed by atoms with E-state index < -0.39 is 29.2 Å². The Morgan fingerprint density at radius 3 is 2.97 bits per heavy atom. The third-order valence-corrected chi connectivity index (χ3v) is 9.45. The van der Waals surface area contributed by atoms with Crippen molar-refractivity contribution in [2.75, 3.05) is 18.6 Å². The minimum atomic E-state index is -1.19. The second kappa shape index (κ2) is 10.5. The maximum Gasteiger partial charge on any atom is 0.352 e. The summed E-state index contributed by atoms with van der Waals surface area (Å²) in [4.78, 5) is 45.1. The Bertz CT molecular complexity index is 1310. The van der Waals surface area contributed by atoms with Crippen molar-refractivity contribution in [1.29, 1.82) is 0 Å². The number of carbonyl (C=O) groups is 3. The van der Waals surface area contributed by atoms with E-state index in [1.165, 1.54) is 58.6 Å². The largest absolute Gasteiger partial charge is 0.477 e. The fourth-order valence-electron chi connectivity index (χ4n) is 3.66. The number of thioether (sulfide) groups is 3. The van der Waals surface area contributed by atoms with Gasteiger partial charge in [0.15, 0.2) is 10.1 Å². The van der Waals surface area contributed by atoms with Crippen molar-refractivity contribution in [2.24, 2.45) is 5.16 Å². The van der Waals surface area contributed by atoms with Crippen LogP contribution in [-0.2, 0) is 19.2 Å². The number of hydrogen-bond donors (Lipinski definition) is 2. The average Bonchev–Trinajstić information content (AvgIpc) is 3.41. The first kappa shape index (κ1) is 24.7. The zero-order valence-corrected chi connectivity index (χ0v) is 21.7. The van der Waals surface area contributed by atoms with Crippen LogP contribution in [0.3, 0.4) is 0 Å². The molecule has 0 spiro atoms. The summed E-state index contributed by atoms with van der Waals surface area (Å²) >= 11 is 5.48. The fraction of sp³-hybridized carbons (Fsp3) is 0.238. The van der Waals surface area contributed by atoms with Crippen molar-refractivity contribution < 1.29 is 29.1 Å². The van der Waals surface area contributed by atoms with Gasteiger partial charge in [-0.2, -0.15) is 0 Å². The molecule has 1 unspecified atom stereocenters. The Labute approximate surface area is 221 Å². The molecule has 1 aromatic heterocycles. The second-order valence-corrected chi connectivity index (χ2v) is 11.5. The average molecular weight is 564 g/mol. The van der Waals surface area contributed by atoms with Crippen LogP contribution in [0, 0.1) is 0 Å². The number of carboxylic acids is 1. The maximum absolute atomic E-state index is 13.1. The van der Waals surface area contributed by atoms with E-state index >= 15 is 0 Å². The van der Waals surface area contributed by atoms with Crippen LogP contribution in [0.5, 0.6) is 5.75 Å². The first-order valence-electron chi connectivity index (χ1n) is 10.3. The van der Waals surface area contributed by atoms with E-state index in [9.17, 15) is 19.5 Å². The molecule has 15 heteroatoms. The molecule has 3 aliphatic rings. The molecule has 2 N–H and O–H groups in total. The van der Waals surface area contributed by atoms with E-state index in [2.05, 4.69) is 20.7 Å². The summed E-state index contributed by atoms with van der Waals surface area (Å²) in [5.41, 5.74) is 2.03. The van der Waals surface area contributed by atoms with Crippen molar-refractivity contribution in [3.8, 4) is 5.75 Å². The highest BCUT2D eigenvalue weighted by atomic mass is 32.2. The third-order valence-electron chi connectivity index (χ3n) is 5.24. The highest BCUT2D eigenvalue weighted by Gasteiger charge is 2.54. The van der Waals surface area contributed by atoms with E-state index in [0.29, 0.717) is 27.2 Å². The molecule has 1 saturated heterocycles. The molecule has 0 bridgehead atoms. The normalized spacial score (nSPS) is 21.0. The number of nitrogens with one attached hydrogen (secondary N) is 1. The van der Waals surface area contributed by atoms with Gasteiger partial charge in [-0.3, -0.25) is 14.5 Å². The molecule has 4 heterocycles. The molecule has 2 atom stereocenters. The predicted molar refractivity (Wildman–Crippen MR) is 136 cm³/mol. The van der Waals surface area contributed by atoms with E-state index in [4.69, 9.17) is 9.57 Å². The number of β-lactam (4-membered cyclic amide) rings is 1. The van der Waals surface area contributed by atoms with Crippen LogP contribution in [-0.4, -0.2) is 73.7 Å². The Hall–Kier alpha value is -3.01. The fourth-order valence-corrected chi connectivity index (χ4v) is 7.41. The van der Waals surface area contributed by atoms with E-state index in [1.54, 1.807) is 17.0 Å². The van der Waals surface area contributed by atoms with Gasteiger partial charge in [-0.05, 0) is 17.7 Å². The molecular formula is C21H17N5O6S4. The van der Waals surface area contributed by atoms with Crippen molar-refractivity contribution in [3.05, 3.63) is 52.2 Å².